The first-order valence-corrected chi connectivity index (χ1v) is 7.40. The number of likely N-dealkylation sites (N-methyl/N-ethyl adjacent to an activating group) is 1. The lowest BCUT2D eigenvalue weighted by Crippen LogP contribution is -2.40. The van der Waals surface area contributed by atoms with Crippen molar-refractivity contribution in [3.05, 3.63) is 30.3 Å². The van der Waals surface area contributed by atoms with E-state index in [1.165, 1.54) is 12.8 Å². The third kappa shape index (κ3) is 5.21. The van der Waals surface area contributed by atoms with Crippen LogP contribution in [0.2, 0.25) is 0 Å². The lowest BCUT2D eigenvalue weighted by atomic mass is 10.2. The fourth-order valence-electron chi connectivity index (χ4n) is 2.50. The van der Waals surface area contributed by atoms with Crippen LogP contribution in [0.4, 0.5) is 0 Å². The first-order valence-electron chi connectivity index (χ1n) is 7.40. The Morgan fingerprint density at radius 2 is 2.00 bits per heavy atom. The summed E-state index contributed by atoms with van der Waals surface area (Å²) in [5.41, 5.74) is 0. The number of rotatable bonds is 7. The average molecular weight is 276 g/mol. The quantitative estimate of drug-likeness (QED) is 0.829. The number of para-hydroxylation sites is 1. The smallest absolute Gasteiger partial charge is 0.234 e. The van der Waals surface area contributed by atoms with Gasteiger partial charge in [-0.05, 0) is 32.0 Å². The molecule has 1 fully saturated rings. The summed E-state index contributed by atoms with van der Waals surface area (Å²) >= 11 is 0. The molecule has 1 aromatic carbocycles. The van der Waals surface area contributed by atoms with Gasteiger partial charge in [-0.25, -0.2) is 0 Å². The molecular weight excluding hydrogens is 252 g/mol. The molecule has 4 heteroatoms. The summed E-state index contributed by atoms with van der Waals surface area (Å²) in [5, 5.41) is 3.10. The van der Waals surface area contributed by atoms with Crippen molar-refractivity contribution in [3.63, 3.8) is 0 Å². The van der Waals surface area contributed by atoms with Crippen LogP contribution in [0, 0.1) is 0 Å². The Morgan fingerprint density at radius 3 is 2.70 bits per heavy atom. The fraction of sp³-hybridized carbons (Fsp3) is 0.562. The van der Waals surface area contributed by atoms with Gasteiger partial charge in [0.1, 0.15) is 12.4 Å². The van der Waals surface area contributed by atoms with Gasteiger partial charge in [0.2, 0.25) is 5.91 Å². The second-order valence-corrected chi connectivity index (χ2v) is 5.45. The SMILES string of the molecule is CN(CCOc1ccccc1)CC(=O)NC1CCCC1. The lowest BCUT2D eigenvalue weighted by Gasteiger charge is -2.18. The zero-order valence-electron chi connectivity index (χ0n) is 12.2. The number of benzene rings is 1. The monoisotopic (exact) mass is 276 g/mol. The van der Waals surface area contributed by atoms with Gasteiger partial charge >= 0.3 is 0 Å². The zero-order chi connectivity index (χ0) is 14.2. The van der Waals surface area contributed by atoms with Gasteiger partial charge in [-0.15, -0.1) is 0 Å². The molecule has 1 amide bonds. The van der Waals surface area contributed by atoms with E-state index in [0.29, 0.717) is 19.2 Å². The van der Waals surface area contributed by atoms with Crippen LogP contribution in [0.15, 0.2) is 30.3 Å². The maximum atomic E-state index is 11.8. The summed E-state index contributed by atoms with van der Waals surface area (Å²) in [6, 6.07) is 10.1. The molecule has 1 aromatic rings. The summed E-state index contributed by atoms with van der Waals surface area (Å²) in [6.07, 6.45) is 4.75. The van der Waals surface area contributed by atoms with Gasteiger partial charge in [-0.1, -0.05) is 31.0 Å². The summed E-state index contributed by atoms with van der Waals surface area (Å²) in [5.74, 6) is 0.996. The van der Waals surface area contributed by atoms with Crippen molar-refractivity contribution in [2.75, 3.05) is 26.7 Å². The summed E-state index contributed by atoms with van der Waals surface area (Å²) in [4.78, 5) is 13.8. The molecule has 1 aliphatic carbocycles. The van der Waals surface area contributed by atoms with Crippen LogP contribution < -0.4 is 10.1 Å². The molecule has 1 aliphatic rings. The fourth-order valence-corrected chi connectivity index (χ4v) is 2.50. The van der Waals surface area contributed by atoms with Crippen molar-refractivity contribution >= 4 is 5.91 Å². The first-order chi connectivity index (χ1) is 9.74. The highest BCUT2D eigenvalue weighted by Gasteiger charge is 2.17. The second-order valence-electron chi connectivity index (χ2n) is 5.45. The van der Waals surface area contributed by atoms with Gasteiger partial charge in [0, 0.05) is 12.6 Å². The van der Waals surface area contributed by atoms with Gasteiger partial charge in [-0.2, -0.15) is 0 Å². The molecule has 0 bridgehead atoms. The van der Waals surface area contributed by atoms with Crippen LogP contribution >= 0.6 is 0 Å². The van der Waals surface area contributed by atoms with E-state index < -0.39 is 0 Å². The summed E-state index contributed by atoms with van der Waals surface area (Å²) in [6.45, 7) is 1.78. The molecule has 0 saturated heterocycles. The molecule has 110 valence electrons. The van der Waals surface area contributed by atoms with E-state index >= 15 is 0 Å². The summed E-state index contributed by atoms with van der Waals surface area (Å²) in [7, 11) is 1.95. The van der Waals surface area contributed by atoms with Crippen LogP contribution in [-0.2, 0) is 4.79 Å². The highest BCUT2D eigenvalue weighted by Crippen LogP contribution is 2.17. The first kappa shape index (κ1) is 14.9. The molecule has 4 nitrogen and oxygen atoms in total. The van der Waals surface area contributed by atoms with Gasteiger partial charge < -0.3 is 10.1 Å². The van der Waals surface area contributed by atoms with Crippen LogP contribution in [0.5, 0.6) is 5.75 Å². The minimum atomic E-state index is 0.124. The minimum Gasteiger partial charge on any atom is -0.492 e. The minimum absolute atomic E-state index is 0.124. The van der Waals surface area contributed by atoms with Crippen LogP contribution in [0.25, 0.3) is 0 Å². The Bertz CT molecular complexity index is 402. The molecule has 0 atom stereocenters. The Labute approximate surface area is 121 Å². The Kier molecular flexibility index (Phi) is 5.87. The average Bonchev–Trinajstić information content (AvgIpc) is 2.92. The Hall–Kier alpha value is -1.55. The molecule has 0 radical (unpaired) electrons. The highest BCUT2D eigenvalue weighted by atomic mass is 16.5. The molecule has 1 N–H and O–H groups in total. The number of ether oxygens (including phenoxy) is 1. The molecule has 0 aromatic heterocycles. The van der Waals surface area contributed by atoms with Gasteiger partial charge in [0.15, 0.2) is 0 Å². The molecule has 20 heavy (non-hydrogen) atoms. The molecular formula is C16H24N2O2. The number of carbonyl (C=O) groups is 1. The van der Waals surface area contributed by atoms with Gasteiger partial charge in [0.05, 0.1) is 6.54 Å². The van der Waals surface area contributed by atoms with E-state index in [0.717, 1.165) is 25.1 Å². The van der Waals surface area contributed by atoms with Crippen LogP contribution in [0.1, 0.15) is 25.7 Å². The van der Waals surface area contributed by atoms with Crippen LogP contribution in [-0.4, -0.2) is 43.6 Å². The zero-order valence-corrected chi connectivity index (χ0v) is 12.2. The standard InChI is InChI=1S/C16H24N2O2/c1-18(11-12-20-15-9-3-2-4-10-15)13-16(19)17-14-7-5-6-8-14/h2-4,9-10,14H,5-8,11-13H2,1H3,(H,17,19). The van der Waals surface area contributed by atoms with Gasteiger partial charge in [0.25, 0.3) is 0 Å². The Morgan fingerprint density at radius 1 is 1.30 bits per heavy atom. The van der Waals surface area contributed by atoms with Gasteiger partial charge in [-0.3, -0.25) is 9.69 Å². The number of hydrogen-bond acceptors (Lipinski definition) is 3. The summed E-state index contributed by atoms with van der Waals surface area (Å²) < 4.78 is 5.62. The predicted octanol–water partition coefficient (Wildman–Crippen LogP) is 2.06. The number of carbonyl (C=O) groups excluding carboxylic acids is 1. The van der Waals surface area contributed by atoms with Crippen molar-refractivity contribution in [1.29, 1.82) is 0 Å². The molecule has 0 heterocycles. The maximum absolute atomic E-state index is 11.8. The predicted molar refractivity (Wildman–Crippen MR) is 79.8 cm³/mol. The Balaban J connectivity index is 1.59. The number of nitrogens with zero attached hydrogens (tertiary/aromatic N) is 1. The number of hydrogen-bond donors (Lipinski definition) is 1. The largest absolute Gasteiger partial charge is 0.492 e. The van der Waals surface area contributed by atoms with E-state index in [2.05, 4.69) is 5.32 Å². The van der Waals surface area contributed by atoms with Crippen molar-refractivity contribution in [2.45, 2.75) is 31.7 Å². The number of nitrogens with one attached hydrogen (secondary N) is 1. The number of amides is 1. The van der Waals surface area contributed by atoms with Crippen molar-refractivity contribution < 1.29 is 9.53 Å². The third-order valence-electron chi connectivity index (χ3n) is 3.62. The molecule has 0 unspecified atom stereocenters. The second kappa shape index (κ2) is 7.90. The van der Waals surface area contributed by atoms with Crippen molar-refractivity contribution in [3.8, 4) is 5.75 Å². The van der Waals surface area contributed by atoms with E-state index in [1.807, 2.05) is 42.3 Å². The van der Waals surface area contributed by atoms with Crippen molar-refractivity contribution in [1.82, 2.24) is 10.2 Å². The van der Waals surface area contributed by atoms with Crippen LogP contribution in [0.3, 0.4) is 0 Å². The van der Waals surface area contributed by atoms with E-state index in [-0.39, 0.29) is 5.91 Å². The molecule has 2 rings (SSSR count). The molecule has 1 saturated carbocycles. The maximum Gasteiger partial charge on any atom is 0.234 e. The third-order valence-corrected chi connectivity index (χ3v) is 3.62. The normalized spacial score (nSPS) is 15.5. The molecule has 0 aliphatic heterocycles. The van der Waals surface area contributed by atoms with E-state index in [1.54, 1.807) is 0 Å². The topological polar surface area (TPSA) is 41.6 Å². The highest BCUT2D eigenvalue weighted by molar-refractivity contribution is 5.78. The lowest BCUT2D eigenvalue weighted by molar-refractivity contribution is -0.122. The molecule has 0 spiro atoms. The van der Waals surface area contributed by atoms with E-state index in [4.69, 9.17) is 4.74 Å². The van der Waals surface area contributed by atoms with Crippen molar-refractivity contribution in [2.24, 2.45) is 0 Å². The van der Waals surface area contributed by atoms with E-state index in [9.17, 15) is 4.79 Å².